The number of anilines is 1. The quantitative estimate of drug-likeness (QED) is 0.798. The minimum Gasteiger partial charge on any atom is -0.393 e. The van der Waals surface area contributed by atoms with Gasteiger partial charge in [0.1, 0.15) is 5.82 Å². The van der Waals surface area contributed by atoms with Gasteiger partial charge in [0.2, 0.25) is 0 Å². The van der Waals surface area contributed by atoms with Gasteiger partial charge in [0.15, 0.2) is 0 Å². The van der Waals surface area contributed by atoms with E-state index < -0.39 is 0 Å². The van der Waals surface area contributed by atoms with E-state index in [0.717, 1.165) is 12.2 Å². The van der Waals surface area contributed by atoms with E-state index in [2.05, 4.69) is 5.32 Å². The van der Waals surface area contributed by atoms with Crippen molar-refractivity contribution in [1.82, 2.24) is 5.32 Å². The first-order valence-corrected chi connectivity index (χ1v) is 6.88. The fraction of sp³-hybridized carbons (Fsp3) is 0.600. The molecule has 0 radical (unpaired) electrons. The highest BCUT2D eigenvalue weighted by molar-refractivity contribution is 5.55. The summed E-state index contributed by atoms with van der Waals surface area (Å²) in [5, 5.41) is 12.6. The lowest BCUT2D eigenvalue weighted by Crippen LogP contribution is -2.26. The minimum absolute atomic E-state index is 0.0322. The van der Waals surface area contributed by atoms with Crippen LogP contribution in [-0.4, -0.2) is 31.3 Å². The first-order chi connectivity index (χ1) is 8.97. The summed E-state index contributed by atoms with van der Waals surface area (Å²) >= 11 is 0. The van der Waals surface area contributed by atoms with E-state index in [1.54, 1.807) is 13.0 Å². The number of nitrogens with one attached hydrogen (secondary N) is 1. The van der Waals surface area contributed by atoms with Crippen molar-refractivity contribution in [3.8, 4) is 0 Å². The van der Waals surface area contributed by atoms with Crippen LogP contribution in [0.5, 0.6) is 0 Å². The normalized spacial score (nSPS) is 14.2. The Morgan fingerprint density at radius 1 is 1.37 bits per heavy atom. The predicted octanol–water partition coefficient (Wildman–Crippen LogP) is 2.70. The Kier molecular flexibility index (Phi) is 6.25. The second-order valence-corrected chi connectivity index (χ2v) is 5.01. The molecule has 0 aliphatic heterocycles. The van der Waals surface area contributed by atoms with Crippen molar-refractivity contribution in [2.45, 2.75) is 39.3 Å². The Hall–Kier alpha value is -1.13. The molecule has 0 aliphatic carbocycles. The van der Waals surface area contributed by atoms with Crippen LogP contribution >= 0.6 is 0 Å². The summed E-state index contributed by atoms with van der Waals surface area (Å²) < 4.78 is 14.1. The number of aliphatic hydroxyl groups is 1. The summed E-state index contributed by atoms with van der Waals surface area (Å²) in [6.45, 7) is 7.24. The number of benzene rings is 1. The third kappa shape index (κ3) is 4.48. The molecule has 1 aromatic carbocycles. The molecule has 0 fully saturated rings. The van der Waals surface area contributed by atoms with E-state index in [9.17, 15) is 9.50 Å². The van der Waals surface area contributed by atoms with E-state index in [1.165, 1.54) is 6.07 Å². The molecule has 2 atom stereocenters. The number of halogens is 1. The third-order valence-electron chi connectivity index (χ3n) is 3.27. The Morgan fingerprint density at radius 3 is 2.63 bits per heavy atom. The van der Waals surface area contributed by atoms with Gasteiger partial charge in [0, 0.05) is 30.9 Å². The van der Waals surface area contributed by atoms with E-state index in [1.807, 2.05) is 31.9 Å². The summed E-state index contributed by atoms with van der Waals surface area (Å²) in [5.41, 5.74) is 1.58. The van der Waals surface area contributed by atoms with Crippen LogP contribution in [-0.2, 0) is 0 Å². The van der Waals surface area contributed by atoms with E-state index >= 15 is 0 Å². The molecule has 0 amide bonds. The predicted molar refractivity (Wildman–Crippen MR) is 78.1 cm³/mol. The highest BCUT2D eigenvalue weighted by atomic mass is 19.1. The zero-order valence-electron chi connectivity index (χ0n) is 12.3. The monoisotopic (exact) mass is 268 g/mol. The molecule has 0 aliphatic rings. The molecule has 19 heavy (non-hydrogen) atoms. The lowest BCUT2D eigenvalue weighted by Gasteiger charge is -2.26. The van der Waals surface area contributed by atoms with Crippen LogP contribution in [0, 0.1) is 5.82 Å². The van der Waals surface area contributed by atoms with Gasteiger partial charge in [0.25, 0.3) is 0 Å². The van der Waals surface area contributed by atoms with Crippen molar-refractivity contribution in [3.05, 3.63) is 29.6 Å². The molecule has 0 bridgehead atoms. The molecule has 1 rings (SSSR count). The van der Waals surface area contributed by atoms with Gasteiger partial charge in [-0.1, -0.05) is 13.0 Å². The fourth-order valence-electron chi connectivity index (χ4n) is 2.20. The van der Waals surface area contributed by atoms with Crippen LogP contribution < -0.4 is 10.2 Å². The maximum Gasteiger partial charge on any atom is 0.130 e. The number of nitrogens with zero attached hydrogens (tertiary/aromatic N) is 1. The lowest BCUT2D eigenvalue weighted by molar-refractivity contribution is 0.187. The average molecular weight is 268 g/mol. The Morgan fingerprint density at radius 2 is 2.05 bits per heavy atom. The molecular formula is C15H25FN2O. The molecule has 2 N–H and O–H groups in total. The number of aliphatic hydroxyl groups excluding tert-OH is 1. The molecule has 4 heteroatoms. The van der Waals surface area contributed by atoms with Gasteiger partial charge in [-0.05, 0) is 38.9 Å². The SMILES string of the molecule is CCNC(C)c1c(F)cccc1N(C)CCC(C)O. The third-order valence-corrected chi connectivity index (χ3v) is 3.27. The minimum atomic E-state index is -0.342. The van der Waals surface area contributed by atoms with Crippen LogP contribution in [0.15, 0.2) is 18.2 Å². The van der Waals surface area contributed by atoms with Crippen LogP contribution in [0.25, 0.3) is 0 Å². The molecule has 0 spiro atoms. The standard InChI is InChI=1S/C15H25FN2O/c1-5-17-12(3)15-13(16)7-6-8-14(15)18(4)10-9-11(2)19/h6-8,11-12,17,19H,5,9-10H2,1-4H3. The van der Waals surface area contributed by atoms with Gasteiger partial charge >= 0.3 is 0 Å². The smallest absolute Gasteiger partial charge is 0.130 e. The molecule has 108 valence electrons. The van der Waals surface area contributed by atoms with Crippen molar-refractivity contribution in [2.75, 3.05) is 25.0 Å². The molecular weight excluding hydrogens is 243 g/mol. The topological polar surface area (TPSA) is 35.5 Å². The van der Waals surface area contributed by atoms with Gasteiger partial charge in [-0.3, -0.25) is 0 Å². The second kappa shape index (κ2) is 7.46. The number of hydrogen-bond acceptors (Lipinski definition) is 3. The van der Waals surface area contributed by atoms with Crippen LogP contribution in [0.3, 0.4) is 0 Å². The average Bonchev–Trinajstić information content (AvgIpc) is 2.35. The first kappa shape index (κ1) is 15.9. The van der Waals surface area contributed by atoms with E-state index in [0.29, 0.717) is 18.5 Å². The molecule has 0 heterocycles. The summed E-state index contributed by atoms with van der Waals surface area (Å²) in [7, 11) is 1.93. The largest absolute Gasteiger partial charge is 0.393 e. The fourth-order valence-corrected chi connectivity index (χ4v) is 2.20. The number of rotatable bonds is 7. The second-order valence-electron chi connectivity index (χ2n) is 5.01. The van der Waals surface area contributed by atoms with Gasteiger partial charge in [-0.2, -0.15) is 0 Å². The highest BCUT2D eigenvalue weighted by Crippen LogP contribution is 2.28. The molecule has 3 nitrogen and oxygen atoms in total. The maximum atomic E-state index is 14.1. The summed E-state index contributed by atoms with van der Waals surface area (Å²) in [6, 6.07) is 5.12. The van der Waals surface area contributed by atoms with E-state index in [-0.39, 0.29) is 18.0 Å². The highest BCUT2D eigenvalue weighted by Gasteiger charge is 2.17. The summed E-state index contributed by atoms with van der Waals surface area (Å²) in [6.07, 6.45) is 0.327. The van der Waals surface area contributed by atoms with E-state index in [4.69, 9.17) is 0 Å². The van der Waals surface area contributed by atoms with Crippen LogP contribution in [0.2, 0.25) is 0 Å². The molecule has 0 saturated carbocycles. The molecule has 0 saturated heterocycles. The molecule has 0 aromatic heterocycles. The van der Waals surface area contributed by atoms with Crippen molar-refractivity contribution in [3.63, 3.8) is 0 Å². The zero-order valence-corrected chi connectivity index (χ0v) is 12.3. The van der Waals surface area contributed by atoms with Gasteiger partial charge in [-0.15, -0.1) is 0 Å². The first-order valence-electron chi connectivity index (χ1n) is 6.88. The Bertz CT molecular complexity index is 396. The van der Waals surface area contributed by atoms with Crippen LogP contribution in [0.4, 0.5) is 10.1 Å². The Balaban J connectivity index is 2.96. The van der Waals surface area contributed by atoms with Crippen molar-refractivity contribution in [1.29, 1.82) is 0 Å². The van der Waals surface area contributed by atoms with Crippen molar-refractivity contribution >= 4 is 5.69 Å². The van der Waals surface area contributed by atoms with Gasteiger partial charge in [0.05, 0.1) is 6.10 Å². The summed E-state index contributed by atoms with van der Waals surface area (Å²) in [4.78, 5) is 2.00. The number of hydrogen-bond donors (Lipinski definition) is 2. The lowest BCUT2D eigenvalue weighted by atomic mass is 10.0. The van der Waals surface area contributed by atoms with Crippen molar-refractivity contribution in [2.24, 2.45) is 0 Å². The molecule has 2 unspecified atom stereocenters. The maximum absolute atomic E-state index is 14.1. The Labute approximate surface area is 115 Å². The van der Waals surface area contributed by atoms with Gasteiger partial charge < -0.3 is 15.3 Å². The van der Waals surface area contributed by atoms with Gasteiger partial charge in [-0.25, -0.2) is 4.39 Å². The summed E-state index contributed by atoms with van der Waals surface area (Å²) in [5.74, 6) is -0.185. The zero-order chi connectivity index (χ0) is 14.4. The molecule has 1 aromatic rings. The van der Waals surface area contributed by atoms with Crippen molar-refractivity contribution < 1.29 is 9.50 Å². The van der Waals surface area contributed by atoms with Crippen LogP contribution in [0.1, 0.15) is 38.8 Å².